The number of primary sulfonamides is 1. The number of ether oxygens (including phenoxy) is 1. The van der Waals surface area contributed by atoms with Crippen molar-refractivity contribution >= 4 is 15.9 Å². The number of aryl methyl sites for hydroxylation is 2. The molecule has 7 heteroatoms. The first-order chi connectivity index (χ1) is 9.62. The van der Waals surface area contributed by atoms with Crippen LogP contribution in [0.25, 0.3) is 0 Å². The summed E-state index contributed by atoms with van der Waals surface area (Å²) in [6.07, 6.45) is 0.728. The molecule has 0 aliphatic carbocycles. The van der Waals surface area contributed by atoms with Crippen LogP contribution in [0.1, 0.15) is 34.8 Å². The second-order valence-corrected chi connectivity index (χ2v) is 7.32. The van der Waals surface area contributed by atoms with Gasteiger partial charge in [0.2, 0.25) is 10.0 Å². The standard InChI is InChI=1S/C14H20N2O4S/c1-9-6-10(2)12(21(15,18)19)7-11(9)13(17)16-14(3)4-5-20-8-14/h6-7H,4-5,8H2,1-3H3,(H,16,17)(H2,15,18,19). The van der Waals surface area contributed by atoms with Crippen molar-refractivity contribution in [1.82, 2.24) is 5.32 Å². The van der Waals surface area contributed by atoms with Crippen molar-refractivity contribution in [2.24, 2.45) is 5.14 Å². The number of benzene rings is 1. The number of hydrogen-bond acceptors (Lipinski definition) is 4. The van der Waals surface area contributed by atoms with Gasteiger partial charge in [-0.1, -0.05) is 6.07 Å². The molecule has 1 aliphatic heterocycles. The van der Waals surface area contributed by atoms with E-state index in [2.05, 4.69) is 5.32 Å². The van der Waals surface area contributed by atoms with Crippen molar-refractivity contribution in [2.45, 2.75) is 37.6 Å². The highest BCUT2D eigenvalue weighted by molar-refractivity contribution is 7.89. The molecule has 0 saturated carbocycles. The molecule has 6 nitrogen and oxygen atoms in total. The van der Waals surface area contributed by atoms with Crippen molar-refractivity contribution in [2.75, 3.05) is 13.2 Å². The van der Waals surface area contributed by atoms with E-state index >= 15 is 0 Å². The van der Waals surface area contributed by atoms with Crippen molar-refractivity contribution in [3.05, 3.63) is 28.8 Å². The van der Waals surface area contributed by atoms with Gasteiger partial charge in [0.1, 0.15) is 0 Å². The molecule has 1 aromatic carbocycles. The fourth-order valence-electron chi connectivity index (χ4n) is 2.49. The summed E-state index contributed by atoms with van der Waals surface area (Å²) in [5.41, 5.74) is 1.13. The SMILES string of the molecule is Cc1cc(C)c(S(N)(=O)=O)cc1C(=O)NC1(C)CCOC1. The quantitative estimate of drug-likeness (QED) is 0.864. The van der Waals surface area contributed by atoms with Gasteiger partial charge >= 0.3 is 0 Å². The lowest BCUT2D eigenvalue weighted by atomic mass is 9.99. The molecule has 116 valence electrons. The van der Waals surface area contributed by atoms with Gasteiger partial charge in [0, 0.05) is 12.2 Å². The molecule has 0 aromatic heterocycles. The Hall–Kier alpha value is -1.44. The van der Waals surface area contributed by atoms with E-state index in [1.165, 1.54) is 6.07 Å². The molecular weight excluding hydrogens is 292 g/mol. The normalized spacial score (nSPS) is 22.3. The highest BCUT2D eigenvalue weighted by atomic mass is 32.2. The van der Waals surface area contributed by atoms with Crippen LogP contribution in [0.15, 0.2) is 17.0 Å². The first-order valence-corrected chi connectivity index (χ1v) is 8.21. The molecule has 21 heavy (non-hydrogen) atoms. The number of nitrogens with two attached hydrogens (primary N) is 1. The van der Waals surface area contributed by atoms with Crippen molar-refractivity contribution in [1.29, 1.82) is 0 Å². The van der Waals surface area contributed by atoms with Crippen LogP contribution in [0, 0.1) is 13.8 Å². The summed E-state index contributed by atoms with van der Waals surface area (Å²) < 4.78 is 28.4. The molecule has 1 amide bonds. The van der Waals surface area contributed by atoms with E-state index in [4.69, 9.17) is 9.88 Å². The van der Waals surface area contributed by atoms with Crippen LogP contribution in [0.4, 0.5) is 0 Å². The highest BCUT2D eigenvalue weighted by Gasteiger charge is 2.32. The van der Waals surface area contributed by atoms with E-state index in [0.717, 1.165) is 6.42 Å². The summed E-state index contributed by atoms with van der Waals surface area (Å²) in [5, 5.41) is 8.10. The lowest BCUT2D eigenvalue weighted by Gasteiger charge is -2.24. The van der Waals surface area contributed by atoms with Crippen LogP contribution in [0.5, 0.6) is 0 Å². The average Bonchev–Trinajstić information content (AvgIpc) is 2.73. The Bertz CT molecular complexity index is 676. The highest BCUT2D eigenvalue weighted by Crippen LogP contribution is 2.22. The Kier molecular flexibility index (Phi) is 4.10. The Balaban J connectivity index is 2.37. The molecule has 1 fully saturated rings. The summed E-state index contributed by atoms with van der Waals surface area (Å²) in [6.45, 7) is 6.38. The molecule has 1 atom stereocenters. The lowest BCUT2D eigenvalue weighted by Crippen LogP contribution is -2.46. The summed E-state index contributed by atoms with van der Waals surface area (Å²) in [6, 6.07) is 3.00. The maximum Gasteiger partial charge on any atom is 0.252 e. The van der Waals surface area contributed by atoms with E-state index in [1.807, 2.05) is 6.92 Å². The van der Waals surface area contributed by atoms with Crippen molar-refractivity contribution < 1.29 is 17.9 Å². The Morgan fingerprint density at radius 1 is 1.33 bits per heavy atom. The smallest absolute Gasteiger partial charge is 0.252 e. The minimum Gasteiger partial charge on any atom is -0.379 e. The zero-order valence-electron chi connectivity index (χ0n) is 12.4. The number of rotatable bonds is 3. The van der Waals surface area contributed by atoms with Crippen LogP contribution in [0.3, 0.4) is 0 Å². The molecule has 1 unspecified atom stereocenters. The third-order valence-corrected chi connectivity index (χ3v) is 4.76. The van der Waals surface area contributed by atoms with Crippen LogP contribution >= 0.6 is 0 Å². The minimum atomic E-state index is -3.85. The number of sulfonamides is 1. The van der Waals surface area contributed by atoms with Crippen molar-refractivity contribution in [3.63, 3.8) is 0 Å². The van der Waals surface area contributed by atoms with E-state index in [1.54, 1.807) is 19.9 Å². The molecule has 0 radical (unpaired) electrons. The molecule has 0 spiro atoms. The van der Waals surface area contributed by atoms with Crippen LogP contribution in [-0.2, 0) is 14.8 Å². The predicted octanol–water partition coefficient (Wildman–Crippen LogP) is 0.860. The average molecular weight is 312 g/mol. The summed E-state index contributed by atoms with van der Waals surface area (Å²) in [4.78, 5) is 12.4. The van der Waals surface area contributed by atoms with Crippen molar-refractivity contribution in [3.8, 4) is 0 Å². The summed E-state index contributed by atoms with van der Waals surface area (Å²) >= 11 is 0. The first kappa shape index (κ1) is 15.9. The molecule has 1 saturated heterocycles. The number of amides is 1. The third kappa shape index (κ3) is 3.42. The monoisotopic (exact) mass is 312 g/mol. The number of hydrogen-bond donors (Lipinski definition) is 2. The number of carbonyl (C=O) groups excluding carboxylic acids is 1. The number of nitrogens with one attached hydrogen (secondary N) is 1. The predicted molar refractivity (Wildman–Crippen MR) is 78.6 cm³/mol. The van der Waals surface area contributed by atoms with Crippen LogP contribution < -0.4 is 10.5 Å². The van der Waals surface area contributed by atoms with Gasteiger partial charge in [-0.15, -0.1) is 0 Å². The topological polar surface area (TPSA) is 98.5 Å². The molecule has 1 aromatic rings. The Labute approximate surface area is 124 Å². The molecule has 1 aliphatic rings. The second-order valence-electron chi connectivity index (χ2n) is 5.80. The molecule has 3 N–H and O–H groups in total. The van der Waals surface area contributed by atoms with Gasteiger partial charge in [-0.3, -0.25) is 4.79 Å². The Morgan fingerprint density at radius 3 is 2.52 bits per heavy atom. The van der Waals surface area contributed by atoms with E-state index in [9.17, 15) is 13.2 Å². The zero-order valence-corrected chi connectivity index (χ0v) is 13.2. The zero-order chi connectivity index (χ0) is 15.8. The van der Waals surface area contributed by atoms with Gasteiger partial charge in [0.25, 0.3) is 5.91 Å². The van der Waals surface area contributed by atoms with E-state index in [-0.39, 0.29) is 10.8 Å². The fourth-order valence-corrected chi connectivity index (χ4v) is 3.28. The second kappa shape index (κ2) is 5.40. The van der Waals surface area contributed by atoms with Gasteiger partial charge in [0.05, 0.1) is 17.0 Å². The summed E-state index contributed by atoms with van der Waals surface area (Å²) in [7, 11) is -3.85. The molecule has 0 bridgehead atoms. The number of carbonyl (C=O) groups is 1. The van der Waals surface area contributed by atoms with E-state index < -0.39 is 15.6 Å². The summed E-state index contributed by atoms with van der Waals surface area (Å²) in [5.74, 6) is -0.314. The molecule has 1 heterocycles. The van der Waals surface area contributed by atoms with Crippen LogP contribution in [-0.4, -0.2) is 33.1 Å². The van der Waals surface area contributed by atoms with Crippen LogP contribution in [0.2, 0.25) is 0 Å². The first-order valence-electron chi connectivity index (χ1n) is 6.67. The van der Waals surface area contributed by atoms with Gasteiger partial charge in [-0.2, -0.15) is 0 Å². The lowest BCUT2D eigenvalue weighted by molar-refractivity contribution is 0.0889. The van der Waals surface area contributed by atoms with Gasteiger partial charge in [-0.25, -0.2) is 13.6 Å². The van der Waals surface area contributed by atoms with Gasteiger partial charge in [0.15, 0.2) is 0 Å². The fraction of sp³-hybridized carbons (Fsp3) is 0.500. The van der Waals surface area contributed by atoms with E-state index in [0.29, 0.717) is 29.9 Å². The third-order valence-electron chi connectivity index (χ3n) is 3.71. The van der Waals surface area contributed by atoms with Gasteiger partial charge < -0.3 is 10.1 Å². The maximum absolute atomic E-state index is 12.4. The molecular formula is C14H20N2O4S. The van der Waals surface area contributed by atoms with Gasteiger partial charge in [-0.05, 0) is 44.4 Å². The maximum atomic E-state index is 12.4. The minimum absolute atomic E-state index is 0.0222. The Morgan fingerprint density at radius 2 is 2.00 bits per heavy atom. The molecule has 2 rings (SSSR count). The largest absolute Gasteiger partial charge is 0.379 e.